The zero-order chi connectivity index (χ0) is 25.5. The Hall–Kier alpha value is -3.11. The molecule has 3 aromatic rings. The molecular weight excluding hydrogens is 468 g/mol. The lowest BCUT2D eigenvalue weighted by atomic mass is 10.00. The molecule has 1 aliphatic rings. The van der Waals surface area contributed by atoms with Gasteiger partial charge in [-0.15, -0.1) is 0 Å². The highest BCUT2D eigenvalue weighted by atomic mass is 35.5. The summed E-state index contributed by atoms with van der Waals surface area (Å²) in [6, 6.07) is 23.2. The first-order valence-electron chi connectivity index (χ1n) is 12.8. The van der Waals surface area contributed by atoms with E-state index < -0.39 is 6.04 Å². The summed E-state index contributed by atoms with van der Waals surface area (Å²) < 4.78 is 0. The minimum atomic E-state index is -0.620. The number of amides is 2. The molecule has 0 bridgehead atoms. The van der Waals surface area contributed by atoms with Crippen LogP contribution in [0.3, 0.4) is 0 Å². The van der Waals surface area contributed by atoms with E-state index in [0.29, 0.717) is 18.0 Å². The Morgan fingerprint density at radius 3 is 2.22 bits per heavy atom. The van der Waals surface area contributed by atoms with Crippen LogP contribution in [-0.2, 0) is 29.0 Å². The zero-order valence-electron chi connectivity index (χ0n) is 21.2. The third-order valence-corrected chi connectivity index (χ3v) is 7.09. The average molecular weight is 503 g/mol. The first-order chi connectivity index (χ1) is 17.4. The molecule has 1 aliphatic carbocycles. The topological polar surface area (TPSA) is 49.4 Å². The number of hydrogen-bond donors (Lipinski definition) is 1. The third kappa shape index (κ3) is 7.20. The Bertz CT molecular complexity index is 1170. The molecule has 5 heteroatoms. The molecule has 1 atom stereocenters. The van der Waals surface area contributed by atoms with Gasteiger partial charge in [0.1, 0.15) is 6.04 Å². The lowest BCUT2D eigenvalue weighted by Crippen LogP contribution is -2.52. The Morgan fingerprint density at radius 2 is 1.56 bits per heavy atom. The van der Waals surface area contributed by atoms with E-state index in [2.05, 4.69) is 11.4 Å². The van der Waals surface area contributed by atoms with Crippen molar-refractivity contribution in [2.24, 2.45) is 0 Å². The number of carbonyl (C=O) groups excluding carboxylic acids is 2. The van der Waals surface area contributed by atoms with Crippen molar-refractivity contribution < 1.29 is 9.59 Å². The van der Waals surface area contributed by atoms with Crippen LogP contribution in [0.25, 0.3) is 0 Å². The average Bonchev–Trinajstić information content (AvgIpc) is 3.34. The van der Waals surface area contributed by atoms with Gasteiger partial charge in [0.2, 0.25) is 11.8 Å². The van der Waals surface area contributed by atoms with E-state index in [0.717, 1.165) is 53.5 Å². The molecular formula is C31H35ClN2O2. The van der Waals surface area contributed by atoms with Crippen molar-refractivity contribution in [1.82, 2.24) is 10.2 Å². The normalized spacial score (nSPS) is 14.4. The molecule has 0 radical (unpaired) electrons. The van der Waals surface area contributed by atoms with Gasteiger partial charge in [-0.2, -0.15) is 0 Å². The number of nitrogens with one attached hydrogen (secondary N) is 1. The van der Waals surface area contributed by atoms with Crippen molar-refractivity contribution in [3.05, 3.63) is 106 Å². The first-order valence-corrected chi connectivity index (χ1v) is 13.2. The van der Waals surface area contributed by atoms with Crippen LogP contribution < -0.4 is 5.32 Å². The van der Waals surface area contributed by atoms with Gasteiger partial charge < -0.3 is 10.2 Å². The smallest absolute Gasteiger partial charge is 0.243 e. The summed E-state index contributed by atoms with van der Waals surface area (Å²) in [6.07, 6.45) is 4.95. The molecule has 3 aromatic carbocycles. The molecule has 0 spiro atoms. The van der Waals surface area contributed by atoms with Crippen LogP contribution in [0.15, 0.2) is 72.8 Å². The number of aryl methyl sites for hydroxylation is 2. The second-order valence-corrected chi connectivity index (χ2v) is 10.5. The van der Waals surface area contributed by atoms with Crippen LogP contribution in [0.5, 0.6) is 0 Å². The van der Waals surface area contributed by atoms with Gasteiger partial charge in [-0.25, -0.2) is 0 Å². The molecule has 4 rings (SSSR count). The molecule has 1 N–H and O–H groups in total. The van der Waals surface area contributed by atoms with Gasteiger partial charge in [0.15, 0.2) is 0 Å². The summed E-state index contributed by atoms with van der Waals surface area (Å²) in [7, 11) is 0. The van der Waals surface area contributed by atoms with Crippen molar-refractivity contribution in [2.75, 3.05) is 0 Å². The van der Waals surface area contributed by atoms with Gasteiger partial charge in [-0.1, -0.05) is 96.2 Å². The number of hydrogen-bond acceptors (Lipinski definition) is 2. The quantitative estimate of drug-likeness (QED) is 0.379. The van der Waals surface area contributed by atoms with Crippen molar-refractivity contribution in [2.45, 2.75) is 71.0 Å². The van der Waals surface area contributed by atoms with Gasteiger partial charge in [0.05, 0.1) is 6.42 Å². The summed E-state index contributed by atoms with van der Waals surface area (Å²) in [5, 5.41) is 3.87. The molecule has 1 saturated carbocycles. The van der Waals surface area contributed by atoms with E-state index in [4.69, 9.17) is 11.6 Å². The van der Waals surface area contributed by atoms with Crippen molar-refractivity contribution in [3.63, 3.8) is 0 Å². The maximum Gasteiger partial charge on any atom is 0.243 e. The molecule has 0 aromatic heterocycles. The molecule has 1 fully saturated rings. The van der Waals surface area contributed by atoms with Gasteiger partial charge in [0.25, 0.3) is 0 Å². The molecule has 188 valence electrons. The van der Waals surface area contributed by atoms with Crippen molar-refractivity contribution in [1.29, 1.82) is 0 Å². The zero-order valence-corrected chi connectivity index (χ0v) is 21.9. The number of halogens is 1. The molecule has 4 nitrogen and oxygen atoms in total. The van der Waals surface area contributed by atoms with Gasteiger partial charge in [-0.3, -0.25) is 9.59 Å². The lowest BCUT2D eigenvalue weighted by molar-refractivity contribution is -0.141. The second-order valence-electron chi connectivity index (χ2n) is 10.0. The minimum absolute atomic E-state index is 0.0671. The highest BCUT2D eigenvalue weighted by Crippen LogP contribution is 2.22. The predicted octanol–water partition coefficient (Wildman–Crippen LogP) is 6.20. The summed E-state index contributed by atoms with van der Waals surface area (Å²) in [4.78, 5) is 29.4. The standard InChI is InChI=1S/C31H35ClN2O2/c1-22-15-23(2)17-26(16-22)20-30(35)34(21-25-11-8-12-27(32)18-25)29(19-24-9-4-3-5-10-24)31(36)33-28-13-6-7-14-28/h3-5,8-12,15-18,28-29H,6-7,13-14,19-21H2,1-2H3,(H,33,36)/t29-/m0/s1. The Morgan fingerprint density at radius 1 is 0.889 bits per heavy atom. The SMILES string of the molecule is Cc1cc(C)cc(CC(=O)N(Cc2cccc(Cl)c2)[C@@H](Cc2ccccc2)C(=O)NC2CCCC2)c1. The number of benzene rings is 3. The molecule has 0 aliphatic heterocycles. The summed E-state index contributed by atoms with van der Waals surface area (Å²) in [5.74, 6) is -0.149. The van der Waals surface area contributed by atoms with Crippen LogP contribution in [0.1, 0.15) is 53.5 Å². The van der Waals surface area contributed by atoms with Gasteiger partial charge in [0, 0.05) is 24.0 Å². The van der Waals surface area contributed by atoms with Crippen molar-refractivity contribution in [3.8, 4) is 0 Å². The number of nitrogens with zero attached hydrogens (tertiary/aromatic N) is 1. The Balaban J connectivity index is 1.67. The fourth-order valence-electron chi connectivity index (χ4n) is 5.20. The fourth-order valence-corrected chi connectivity index (χ4v) is 5.41. The molecule has 36 heavy (non-hydrogen) atoms. The van der Waals surface area contributed by atoms with Gasteiger partial charge >= 0.3 is 0 Å². The third-order valence-electron chi connectivity index (χ3n) is 6.85. The molecule has 0 unspecified atom stereocenters. The highest BCUT2D eigenvalue weighted by molar-refractivity contribution is 6.30. The van der Waals surface area contributed by atoms with Gasteiger partial charge in [-0.05, 0) is 55.5 Å². The fraction of sp³-hybridized carbons (Fsp3) is 0.355. The van der Waals surface area contributed by atoms with E-state index >= 15 is 0 Å². The van der Waals surface area contributed by atoms with E-state index in [9.17, 15) is 9.59 Å². The largest absolute Gasteiger partial charge is 0.352 e. The number of rotatable bonds is 9. The molecule has 2 amide bonds. The lowest BCUT2D eigenvalue weighted by Gasteiger charge is -2.32. The number of carbonyl (C=O) groups is 2. The van der Waals surface area contributed by atoms with Crippen molar-refractivity contribution >= 4 is 23.4 Å². The summed E-state index contributed by atoms with van der Waals surface area (Å²) in [6.45, 7) is 4.40. The van der Waals surface area contributed by atoms with E-state index in [-0.39, 0.29) is 24.3 Å². The van der Waals surface area contributed by atoms with Crippen LogP contribution in [0.4, 0.5) is 0 Å². The highest BCUT2D eigenvalue weighted by Gasteiger charge is 2.32. The maximum absolute atomic E-state index is 13.9. The second kappa shape index (κ2) is 12.2. The predicted molar refractivity (Wildman–Crippen MR) is 146 cm³/mol. The Labute approximate surface area is 219 Å². The summed E-state index contributed by atoms with van der Waals surface area (Å²) in [5.41, 5.74) is 5.14. The van der Waals surface area contributed by atoms with Crippen LogP contribution in [0.2, 0.25) is 5.02 Å². The molecule has 0 heterocycles. The Kier molecular flexibility index (Phi) is 8.82. The van der Waals surface area contributed by atoms with Crippen LogP contribution in [0, 0.1) is 13.8 Å². The van der Waals surface area contributed by atoms with E-state index in [1.807, 2.05) is 80.6 Å². The monoisotopic (exact) mass is 502 g/mol. The maximum atomic E-state index is 13.9. The van der Waals surface area contributed by atoms with E-state index in [1.54, 1.807) is 4.90 Å². The van der Waals surface area contributed by atoms with Crippen LogP contribution in [-0.4, -0.2) is 28.8 Å². The minimum Gasteiger partial charge on any atom is -0.352 e. The van der Waals surface area contributed by atoms with Crippen LogP contribution >= 0.6 is 11.6 Å². The van der Waals surface area contributed by atoms with E-state index in [1.165, 1.54) is 0 Å². The summed E-state index contributed by atoms with van der Waals surface area (Å²) >= 11 is 6.28. The molecule has 0 saturated heterocycles. The first kappa shape index (κ1) is 26.0.